The summed E-state index contributed by atoms with van der Waals surface area (Å²) in [4.78, 5) is 11.2. The van der Waals surface area contributed by atoms with Crippen molar-refractivity contribution in [3.8, 4) is 17.2 Å². The molecule has 30 heavy (non-hydrogen) atoms. The molecule has 0 unspecified atom stereocenters. The Hall–Kier alpha value is -3.74. The molecular weight excluding hydrogens is 397 g/mol. The van der Waals surface area contributed by atoms with E-state index < -0.39 is 17.7 Å². The molecule has 0 spiro atoms. The van der Waals surface area contributed by atoms with Gasteiger partial charge < -0.3 is 14.6 Å². The zero-order valence-electron chi connectivity index (χ0n) is 15.6. The number of hydrogen-bond acceptors (Lipinski definition) is 3. The molecule has 3 aromatic rings. The summed E-state index contributed by atoms with van der Waals surface area (Å²) in [7, 11) is 0. The van der Waals surface area contributed by atoms with E-state index >= 15 is 0 Å². The lowest BCUT2D eigenvalue weighted by Gasteiger charge is -2.09. The monoisotopic (exact) mass is 414 g/mol. The minimum atomic E-state index is -4.35. The van der Waals surface area contributed by atoms with Crippen LogP contribution in [0.15, 0.2) is 78.9 Å². The Morgan fingerprint density at radius 2 is 1.53 bits per heavy atom. The minimum absolute atomic E-state index is 0.0613. The highest BCUT2D eigenvalue weighted by Crippen LogP contribution is 2.29. The van der Waals surface area contributed by atoms with Crippen LogP contribution in [0.2, 0.25) is 0 Å². The standard InChI is InChI=1S/C23H17F3O4/c24-23(25,26)17-9-7-16(8-10-17)4-3-15-29-18-11-13-19(14-12-18)30-21-6-2-1-5-20(21)22(27)28/h1-14H,15H2,(H,27,28)/b4-3+. The van der Waals surface area contributed by atoms with Crippen molar-refractivity contribution in [2.24, 2.45) is 0 Å². The van der Waals surface area contributed by atoms with Crippen LogP contribution in [0.3, 0.4) is 0 Å². The fourth-order valence-corrected chi connectivity index (χ4v) is 2.57. The van der Waals surface area contributed by atoms with E-state index in [0.717, 1.165) is 12.1 Å². The summed E-state index contributed by atoms with van der Waals surface area (Å²) in [5.74, 6) is 0.172. The number of rotatable bonds is 7. The van der Waals surface area contributed by atoms with Crippen LogP contribution in [-0.4, -0.2) is 17.7 Å². The van der Waals surface area contributed by atoms with Crippen LogP contribution in [0.5, 0.6) is 17.2 Å². The van der Waals surface area contributed by atoms with Crippen molar-refractivity contribution >= 4 is 12.0 Å². The number of para-hydroxylation sites is 1. The number of carboxylic acids is 1. The topological polar surface area (TPSA) is 55.8 Å². The van der Waals surface area contributed by atoms with E-state index in [-0.39, 0.29) is 17.9 Å². The summed E-state index contributed by atoms with van der Waals surface area (Å²) < 4.78 is 48.8. The van der Waals surface area contributed by atoms with Crippen molar-refractivity contribution in [3.63, 3.8) is 0 Å². The quantitative estimate of drug-likeness (QED) is 0.494. The summed E-state index contributed by atoms with van der Waals surface area (Å²) >= 11 is 0. The lowest BCUT2D eigenvalue weighted by Crippen LogP contribution is -2.03. The van der Waals surface area contributed by atoms with Gasteiger partial charge in [0.2, 0.25) is 0 Å². The van der Waals surface area contributed by atoms with Crippen molar-refractivity contribution in [2.75, 3.05) is 6.61 Å². The predicted octanol–water partition coefficient (Wildman–Crippen LogP) is 6.29. The second-order valence-electron chi connectivity index (χ2n) is 6.21. The maximum atomic E-state index is 12.5. The summed E-state index contributed by atoms with van der Waals surface area (Å²) in [6, 6.07) is 17.8. The first kappa shape index (κ1) is 21.0. The molecular formula is C23H17F3O4. The Bertz CT molecular complexity index is 1020. The minimum Gasteiger partial charge on any atom is -0.490 e. The number of carbonyl (C=O) groups is 1. The zero-order chi connectivity index (χ0) is 21.6. The predicted molar refractivity (Wildman–Crippen MR) is 106 cm³/mol. The average molecular weight is 414 g/mol. The van der Waals surface area contributed by atoms with E-state index in [1.165, 1.54) is 18.2 Å². The highest BCUT2D eigenvalue weighted by molar-refractivity contribution is 5.90. The van der Waals surface area contributed by atoms with Gasteiger partial charge in [0.25, 0.3) is 0 Å². The van der Waals surface area contributed by atoms with Gasteiger partial charge in [0.05, 0.1) is 5.56 Å². The van der Waals surface area contributed by atoms with Gasteiger partial charge in [-0.2, -0.15) is 13.2 Å². The third-order valence-corrected chi connectivity index (χ3v) is 4.06. The van der Waals surface area contributed by atoms with Crippen LogP contribution in [0.1, 0.15) is 21.5 Å². The van der Waals surface area contributed by atoms with Gasteiger partial charge in [0.1, 0.15) is 29.4 Å². The molecule has 0 saturated heterocycles. The smallest absolute Gasteiger partial charge is 0.416 e. The molecule has 0 aliphatic carbocycles. The number of hydrogen-bond donors (Lipinski definition) is 1. The summed E-state index contributed by atoms with van der Waals surface area (Å²) in [5, 5.41) is 9.18. The number of carboxylic acid groups (broad SMARTS) is 1. The molecule has 3 rings (SSSR count). The lowest BCUT2D eigenvalue weighted by atomic mass is 10.1. The highest BCUT2D eigenvalue weighted by Gasteiger charge is 2.29. The van der Waals surface area contributed by atoms with Crippen LogP contribution < -0.4 is 9.47 Å². The molecule has 154 valence electrons. The van der Waals surface area contributed by atoms with Crippen molar-refractivity contribution in [3.05, 3.63) is 95.6 Å². The first-order valence-electron chi connectivity index (χ1n) is 8.90. The third kappa shape index (κ3) is 5.64. The molecule has 0 aromatic heterocycles. The Morgan fingerprint density at radius 3 is 2.17 bits per heavy atom. The number of ether oxygens (including phenoxy) is 2. The fourth-order valence-electron chi connectivity index (χ4n) is 2.57. The Balaban J connectivity index is 1.54. The first-order valence-corrected chi connectivity index (χ1v) is 8.90. The van der Waals surface area contributed by atoms with E-state index in [1.807, 2.05) is 0 Å². The van der Waals surface area contributed by atoms with Gasteiger partial charge in [-0.15, -0.1) is 0 Å². The molecule has 0 fully saturated rings. The maximum Gasteiger partial charge on any atom is 0.416 e. The third-order valence-electron chi connectivity index (χ3n) is 4.06. The van der Waals surface area contributed by atoms with Gasteiger partial charge in [-0.25, -0.2) is 4.79 Å². The van der Waals surface area contributed by atoms with Gasteiger partial charge in [-0.05, 0) is 60.2 Å². The Labute approximate surface area is 170 Å². The van der Waals surface area contributed by atoms with E-state index in [4.69, 9.17) is 9.47 Å². The van der Waals surface area contributed by atoms with E-state index in [0.29, 0.717) is 17.1 Å². The molecule has 7 heteroatoms. The molecule has 0 saturated carbocycles. The van der Waals surface area contributed by atoms with Gasteiger partial charge in [-0.3, -0.25) is 0 Å². The normalized spacial score (nSPS) is 11.4. The van der Waals surface area contributed by atoms with Crippen LogP contribution in [0, 0.1) is 0 Å². The second kappa shape index (κ2) is 9.17. The number of halogens is 3. The molecule has 0 bridgehead atoms. The summed E-state index contributed by atoms with van der Waals surface area (Å²) in [6.07, 6.45) is -0.993. The number of aromatic carboxylic acids is 1. The average Bonchev–Trinajstić information content (AvgIpc) is 2.72. The fraction of sp³-hybridized carbons (Fsp3) is 0.0870. The van der Waals surface area contributed by atoms with E-state index in [9.17, 15) is 23.1 Å². The van der Waals surface area contributed by atoms with Crippen LogP contribution in [0.25, 0.3) is 6.08 Å². The molecule has 0 amide bonds. The van der Waals surface area contributed by atoms with Crippen molar-refractivity contribution in [1.29, 1.82) is 0 Å². The Morgan fingerprint density at radius 1 is 0.900 bits per heavy atom. The molecule has 0 radical (unpaired) electrons. The molecule has 0 heterocycles. The Kier molecular flexibility index (Phi) is 6.41. The molecule has 4 nitrogen and oxygen atoms in total. The van der Waals surface area contributed by atoms with E-state index in [2.05, 4.69) is 0 Å². The van der Waals surface area contributed by atoms with Gasteiger partial charge in [0, 0.05) is 0 Å². The van der Waals surface area contributed by atoms with Crippen LogP contribution in [-0.2, 0) is 6.18 Å². The SMILES string of the molecule is O=C(O)c1ccccc1Oc1ccc(OC/C=C/c2ccc(C(F)(F)F)cc2)cc1. The first-order chi connectivity index (χ1) is 14.3. The molecule has 0 atom stereocenters. The lowest BCUT2D eigenvalue weighted by molar-refractivity contribution is -0.137. The molecule has 0 aliphatic heterocycles. The molecule has 0 aliphatic rings. The van der Waals surface area contributed by atoms with Gasteiger partial charge in [-0.1, -0.05) is 30.3 Å². The maximum absolute atomic E-state index is 12.5. The van der Waals surface area contributed by atoms with Crippen molar-refractivity contribution < 1.29 is 32.5 Å². The van der Waals surface area contributed by atoms with Gasteiger partial charge >= 0.3 is 12.1 Å². The van der Waals surface area contributed by atoms with Crippen LogP contribution >= 0.6 is 0 Å². The van der Waals surface area contributed by atoms with Crippen molar-refractivity contribution in [2.45, 2.75) is 6.18 Å². The van der Waals surface area contributed by atoms with Crippen LogP contribution in [0.4, 0.5) is 13.2 Å². The molecule has 3 aromatic carbocycles. The summed E-state index contributed by atoms with van der Waals surface area (Å²) in [6.45, 7) is 0.225. The zero-order valence-corrected chi connectivity index (χ0v) is 15.6. The van der Waals surface area contributed by atoms with Crippen molar-refractivity contribution in [1.82, 2.24) is 0 Å². The summed E-state index contributed by atoms with van der Waals surface area (Å²) in [5.41, 5.74) is 0.00265. The largest absolute Gasteiger partial charge is 0.490 e. The van der Waals surface area contributed by atoms with Gasteiger partial charge in [0.15, 0.2) is 0 Å². The second-order valence-corrected chi connectivity index (χ2v) is 6.21. The molecule has 1 N–H and O–H groups in total. The van der Waals surface area contributed by atoms with E-state index in [1.54, 1.807) is 54.6 Å². The number of alkyl halides is 3. The highest BCUT2D eigenvalue weighted by atomic mass is 19.4. The number of benzene rings is 3.